The Morgan fingerprint density at radius 3 is 1.92 bits per heavy atom. The summed E-state index contributed by atoms with van der Waals surface area (Å²) in [7, 11) is -4.22. The van der Waals surface area contributed by atoms with E-state index in [1.165, 1.54) is 12.1 Å². The SMILES string of the molecule is Cc1ccc(CN(C(=O)CN(c2ccc(Oc3ccccc3)cc2)S(=O)(=O)c2ccccc2)[C@H](Cc2ccccc2)C(=O)NC2CCCCC2)cc1. The Morgan fingerprint density at radius 1 is 0.712 bits per heavy atom. The minimum atomic E-state index is -4.22. The zero-order valence-electron chi connectivity index (χ0n) is 29.4. The second kappa shape index (κ2) is 17.2. The molecule has 1 aliphatic carbocycles. The molecule has 5 aromatic carbocycles. The lowest BCUT2D eigenvalue weighted by molar-refractivity contribution is -0.140. The van der Waals surface area contributed by atoms with Crippen molar-refractivity contribution in [2.24, 2.45) is 0 Å². The van der Waals surface area contributed by atoms with Gasteiger partial charge in [0.25, 0.3) is 10.0 Å². The molecule has 9 heteroatoms. The summed E-state index contributed by atoms with van der Waals surface area (Å²) in [5, 5.41) is 3.26. The molecule has 1 fully saturated rings. The maximum absolute atomic E-state index is 14.8. The Kier molecular flexibility index (Phi) is 12.0. The molecule has 52 heavy (non-hydrogen) atoms. The second-order valence-electron chi connectivity index (χ2n) is 13.3. The van der Waals surface area contributed by atoms with Crippen molar-refractivity contribution in [3.05, 3.63) is 156 Å². The predicted octanol–water partition coefficient (Wildman–Crippen LogP) is 8.07. The number of carbonyl (C=O) groups excluding carboxylic acids is 2. The fraction of sp³-hybridized carbons (Fsp3) is 0.256. The number of rotatable bonds is 14. The highest BCUT2D eigenvalue weighted by Crippen LogP contribution is 2.29. The number of carbonyl (C=O) groups is 2. The number of benzene rings is 5. The first-order valence-corrected chi connectivity index (χ1v) is 19.3. The number of ether oxygens (including phenoxy) is 1. The Balaban J connectivity index is 1.37. The molecule has 0 aromatic heterocycles. The molecule has 0 unspecified atom stereocenters. The highest BCUT2D eigenvalue weighted by Gasteiger charge is 2.35. The Labute approximate surface area is 307 Å². The summed E-state index contributed by atoms with van der Waals surface area (Å²) in [6, 6.07) is 40.6. The number of anilines is 1. The van der Waals surface area contributed by atoms with Crippen LogP contribution in [-0.2, 0) is 32.6 Å². The largest absolute Gasteiger partial charge is 0.457 e. The number of sulfonamides is 1. The van der Waals surface area contributed by atoms with Crippen LogP contribution in [0.1, 0.15) is 48.8 Å². The van der Waals surface area contributed by atoms with Crippen LogP contribution in [0.2, 0.25) is 0 Å². The van der Waals surface area contributed by atoms with Gasteiger partial charge < -0.3 is 15.0 Å². The van der Waals surface area contributed by atoms with Crippen molar-refractivity contribution in [1.29, 1.82) is 0 Å². The number of para-hydroxylation sites is 1. The van der Waals surface area contributed by atoms with Crippen LogP contribution >= 0.6 is 0 Å². The predicted molar refractivity (Wildman–Crippen MR) is 205 cm³/mol. The van der Waals surface area contributed by atoms with Gasteiger partial charge in [0.1, 0.15) is 24.1 Å². The van der Waals surface area contributed by atoms with Crippen molar-refractivity contribution in [2.75, 3.05) is 10.8 Å². The maximum Gasteiger partial charge on any atom is 0.264 e. The topological polar surface area (TPSA) is 96.0 Å². The molecule has 6 rings (SSSR count). The molecule has 1 saturated carbocycles. The molecule has 1 atom stereocenters. The molecule has 0 aliphatic heterocycles. The molecule has 1 N–H and O–H groups in total. The van der Waals surface area contributed by atoms with Gasteiger partial charge in [-0.3, -0.25) is 13.9 Å². The van der Waals surface area contributed by atoms with Crippen LogP contribution in [0.15, 0.2) is 144 Å². The van der Waals surface area contributed by atoms with E-state index in [1.54, 1.807) is 47.4 Å². The van der Waals surface area contributed by atoms with Crippen molar-refractivity contribution in [3.8, 4) is 11.5 Å². The molecule has 5 aromatic rings. The monoisotopic (exact) mass is 715 g/mol. The summed E-state index contributed by atoms with van der Waals surface area (Å²) >= 11 is 0. The number of hydrogen-bond acceptors (Lipinski definition) is 5. The van der Waals surface area contributed by atoms with Crippen LogP contribution in [-0.4, -0.2) is 43.8 Å². The van der Waals surface area contributed by atoms with Gasteiger partial charge in [0, 0.05) is 19.0 Å². The number of amides is 2. The zero-order chi connectivity index (χ0) is 36.3. The lowest BCUT2D eigenvalue weighted by Gasteiger charge is -2.35. The average Bonchev–Trinajstić information content (AvgIpc) is 3.18. The van der Waals surface area contributed by atoms with E-state index in [1.807, 2.05) is 91.9 Å². The fourth-order valence-corrected chi connectivity index (χ4v) is 7.98. The Hall–Kier alpha value is -5.41. The summed E-state index contributed by atoms with van der Waals surface area (Å²) < 4.78 is 35.8. The minimum absolute atomic E-state index is 0.0300. The molecular weight excluding hydrogens is 671 g/mol. The summed E-state index contributed by atoms with van der Waals surface area (Å²) in [4.78, 5) is 30.7. The van der Waals surface area contributed by atoms with Crippen molar-refractivity contribution in [1.82, 2.24) is 10.2 Å². The molecule has 268 valence electrons. The molecule has 0 spiro atoms. The van der Waals surface area contributed by atoms with Crippen molar-refractivity contribution >= 4 is 27.5 Å². The smallest absolute Gasteiger partial charge is 0.264 e. The highest BCUT2D eigenvalue weighted by molar-refractivity contribution is 7.92. The lowest BCUT2D eigenvalue weighted by atomic mass is 9.94. The summed E-state index contributed by atoms with van der Waals surface area (Å²) in [5.41, 5.74) is 3.09. The Morgan fingerprint density at radius 2 is 1.29 bits per heavy atom. The number of aryl methyl sites for hydroxylation is 1. The second-order valence-corrected chi connectivity index (χ2v) is 15.2. The van der Waals surface area contributed by atoms with Gasteiger partial charge in [-0.05, 0) is 79.4 Å². The van der Waals surface area contributed by atoms with Gasteiger partial charge >= 0.3 is 0 Å². The van der Waals surface area contributed by atoms with E-state index < -0.39 is 28.5 Å². The van der Waals surface area contributed by atoms with E-state index in [2.05, 4.69) is 5.32 Å². The molecule has 8 nitrogen and oxygen atoms in total. The van der Waals surface area contributed by atoms with Gasteiger partial charge in [-0.25, -0.2) is 8.42 Å². The lowest BCUT2D eigenvalue weighted by Crippen LogP contribution is -2.55. The first-order chi connectivity index (χ1) is 25.3. The van der Waals surface area contributed by atoms with Gasteiger partial charge in [-0.2, -0.15) is 0 Å². The molecule has 1 aliphatic rings. The van der Waals surface area contributed by atoms with Gasteiger partial charge in [0.05, 0.1) is 10.6 Å². The first kappa shape index (κ1) is 36.4. The van der Waals surface area contributed by atoms with Crippen molar-refractivity contribution in [3.63, 3.8) is 0 Å². The number of nitrogens with zero attached hydrogens (tertiary/aromatic N) is 2. The Bertz CT molecular complexity index is 2000. The molecule has 0 radical (unpaired) electrons. The van der Waals surface area contributed by atoms with Crippen LogP contribution in [0.4, 0.5) is 5.69 Å². The first-order valence-electron chi connectivity index (χ1n) is 17.9. The molecular formula is C43H45N3O5S. The highest BCUT2D eigenvalue weighted by atomic mass is 32.2. The number of nitrogens with one attached hydrogen (secondary N) is 1. The fourth-order valence-electron chi connectivity index (χ4n) is 6.54. The van der Waals surface area contributed by atoms with Gasteiger partial charge in [0.15, 0.2) is 0 Å². The van der Waals surface area contributed by atoms with Crippen molar-refractivity contribution in [2.45, 2.75) is 69.0 Å². The van der Waals surface area contributed by atoms with E-state index in [4.69, 9.17) is 4.74 Å². The van der Waals surface area contributed by atoms with Crippen molar-refractivity contribution < 1.29 is 22.7 Å². The molecule has 0 bridgehead atoms. The molecule has 0 saturated heterocycles. The van der Waals surface area contributed by atoms with Gasteiger partial charge in [-0.15, -0.1) is 0 Å². The van der Waals surface area contributed by atoms with Gasteiger partial charge in [-0.1, -0.05) is 116 Å². The number of hydrogen-bond donors (Lipinski definition) is 1. The van der Waals surface area contributed by atoms with Crippen LogP contribution in [0, 0.1) is 6.92 Å². The standard InChI is InChI=1S/C43H45N3O5S/c1-33-22-24-35(25-23-33)31-45(41(30-34-14-6-2-7-15-34)43(48)44-36-16-8-3-9-17-36)42(47)32-46(52(49,50)40-20-12-5-13-21-40)37-26-28-39(29-27-37)51-38-18-10-4-11-19-38/h2,4-7,10-15,18-29,36,41H,3,8-9,16-17,30-32H2,1H3,(H,44,48)/t41-/m1/s1. The zero-order valence-corrected chi connectivity index (χ0v) is 30.3. The maximum atomic E-state index is 14.8. The van der Waals surface area contributed by atoms with Crippen LogP contribution in [0.25, 0.3) is 0 Å². The van der Waals surface area contributed by atoms with Crippen LogP contribution in [0.3, 0.4) is 0 Å². The molecule has 2 amide bonds. The van der Waals surface area contributed by atoms with E-state index in [9.17, 15) is 18.0 Å². The average molecular weight is 716 g/mol. The third kappa shape index (κ3) is 9.47. The third-order valence-electron chi connectivity index (χ3n) is 9.41. The minimum Gasteiger partial charge on any atom is -0.457 e. The van der Waals surface area contributed by atoms with E-state index in [0.717, 1.165) is 53.1 Å². The molecule has 0 heterocycles. The summed E-state index contributed by atoms with van der Waals surface area (Å²) in [5.74, 6) is 0.420. The quantitative estimate of drug-likeness (QED) is 0.126. The summed E-state index contributed by atoms with van der Waals surface area (Å²) in [6.45, 7) is 1.59. The van der Waals surface area contributed by atoms with Crippen LogP contribution in [0.5, 0.6) is 11.5 Å². The van der Waals surface area contributed by atoms with E-state index >= 15 is 0 Å². The van der Waals surface area contributed by atoms with E-state index in [0.29, 0.717) is 17.2 Å². The van der Waals surface area contributed by atoms with Gasteiger partial charge in [0.2, 0.25) is 11.8 Å². The van der Waals surface area contributed by atoms with E-state index in [-0.39, 0.29) is 29.8 Å². The normalized spacial score (nSPS) is 13.9. The third-order valence-corrected chi connectivity index (χ3v) is 11.2. The summed E-state index contributed by atoms with van der Waals surface area (Å²) in [6.07, 6.45) is 5.28. The van der Waals surface area contributed by atoms with Crippen LogP contribution < -0.4 is 14.4 Å².